The Morgan fingerprint density at radius 1 is 0.929 bits per heavy atom. The number of ether oxygens (including phenoxy) is 1. The summed E-state index contributed by atoms with van der Waals surface area (Å²) < 4.78 is 18.2. The second-order valence-corrected chi connectivity index (χ2v) is 6.51. The summed E-state index contributed by atoms with van der Waals surface area (Å²) >= 11 is 0. The first kappa shape index (κ1) is 17.9. The lowest BCUT2D eigenvalue weighted by Crippen LogP contribution is -2.41. The van der Waals surface area contributed by atoms with Gasteiger partial charge >= 0.3 is 5.97 Å². The summed E-state index contributed by atoms with van der Waals surface area (Å²) in [6.45, 7) is 0.0979. The van der Waals surface area contributed by atoms with E-state index >= 15 is 0 Å². The maximum absolute atomic E-state index is 13.1. The average Bonchev–Trinajstić information content (AvgIpc) is 2.68. The van der Waals surface area contributed by atoms with Crippen LogP contribution in [-0.4, -0.2) is 29.2 Å². The first-order valence-corrected chi connectivity index (χ1v) is 8.89. The highest BCUT2D eigenvalue weighted by Crippen LogP contribution is 2.30. The van der Waals surface area contributed by atoms with Crippen LogP contribution in [0.15, 0.2) is 60.7 Å². The van der Waals surface area contributed by atoms with Crippen LogP contribution in [0, 0.1) is 5.82 Å². The van der Waals surface area contributed by atoms with Gasteiger partial charge in [-0.2, -0.15) is 0 Å². The molecule has 1 heterocycles. The molecule has 6 heteroatoms. The van der Waals surface area contributed by atoms with Crippen molar-refractivity contribution in [3.63, 3.8) is 0 Å². The third-order valence-electron chi connectivity index (χ3n) is 4.65. The zero-order valence-corrected chi connectivity index (χ0v) is 14.9. The summed E-state index contributed by atoms with van der Waals surface area (Å²) in [5, 5.41) is 1.51. The molecule has 0 saturated heterocycles. The van der Waals surface area contributed by atoms with Crippen LogP contribution in [-0.2, 0) is 4.79 Å². The molecule has 0 fully saturated rings. The number of hydrogen-bond donors (Lipinski definition) is 0. The van der Waals surface area contributed by atoms with Crippen molar-refractivity contribution in [3.8, 4) is 5.75 Å². The third kappa shape index (κ3) is 3.24. The lowest BCUT2D eigenvalue weighted by atomic mass is 9.94. The molecule has 2 amide bonds. The molecule has 3 aromatic carbocycles. The minimum atomic E-state index is -0.551. The molecular formula is C22H16FNO4. The number of halogens is 1. The highest BCUT2D eigenvalue weighted by atomic mass is 19.1. The molecule has 0 aliphatic carbocycles. The number of esters is 1. The molecule has 1 aliphatic heterocycles. The first-order valence-electron chi connectivity index (χ1n) is 8.89. The maximum Gasteiger partial charge on any atom is 0.311 e. The molecule has 0 atom stereocenters. The van der Waals surface area contributed by atoms with Gasteiger partial charge in [0.2, 0.25) is 0 Å². The van der Waals surface area contributed by atoms with Crippen molar-refractivity contribution in [1.29, 1.82) is 0 Å². The maximum atomic E-state index is 13.1. The van der Waals surface area contributed by atoms with Gasteiger partial charge in [0, 0.05) is 35.5 Å². The molecule has 0 aromatic heterocycles. The van der Waals surface area contributed by atoms with E-state index in [-0.39, 0.29) is 37.0 Å². The zero-order valence-electron chi connectivity index (χ0n) is 14.9. The lowest BCUT2D eigenvalue weighted by Gasteiger charge is -2.27. The Kier molecular flexibility index (Phi) is 4.61. The largest absolute Gasteiger partial charge is 0.426 e. The van der Waals surface area contributed by atoms with Crippen LogP contribution in [0.2, 0.25) is 0 Å². The molecule has 3 aromatic rings. The fourth-order valence-corrected chi connectivity index (χ4v) is 3.38. The Morgan fingerprint density at radius 3 is 2.21 bits per heavy atom. The van der Waals surface area contributed by atoms with E-state index in [4.69, 9.17) is 4.74 Å². The van der Waals surface area contributed by atoms with Crippen molar-refractivity contribution < 1.29 is 23.5 Å². The van der Waals surface area contributed by atoms with E-state index in [1.54, 1.807) is 24.3 Å². The predicted octanol–water partition coefficient (Wildman–Crippen LogP) is 3.96. The summed E-state index contributed by atoms with van der Waals surface area (Å²) in [5.74, 6) is -1.66. The van der Waals surface area contributed by atoms with Gasteiger partial charge in [-0.15, -0.1) is 0 Å². The van der Waals surface area contributed by atoms with Gasteiger partial charge in [0.25, 0.3) is 11.8 Å². The van der Waals surface area contributed by atoms with Crippen molar-refractivity contribution in [2.45, 2.75) is 12.8 Å². The standard InChI is InChI=1S/C22H16FNO4/c23-15-7-3-8-16(13-15)28-19(25)11-4-12-24-21(26)17-9-1-5-14-6-2-10-18(20(14)17)22(24)27/h1-3,5-10,13H,4,11-12H2. The fourth-order valence-electron chi connectivity index (χ4n) is 3.38. The molecule has 0 N–H and O–H groups in total. The molecule has 1 aliphatic rings. The van der Waals surface area contributed by atoms with Gasteiger partial charge in [-0.25, -0.2) is 4.39 Å². The summed E-state index contributed by atoms with van der Waals surface area (Å²) in [6.07, 6.45) is 0.253. The second-order valence-electron chi connectivity index (χ2n) is 6.51. The van der Waals surface area contributed by atoms with E-state index in [1.165, 1.54) is 18.2 Å². The lowest BCUT2D eigenvalue weighted by molar-refractivity contribution is -0.134. The van der Waals surface area contributed by atoms with E-state index in [0.717, 1.165) is 16.4 Å². The molecule has 0 radical (unpaired) electrons. The Morgan fingerprint density at radius 2 is 1.57 bits per heavy atom. The monoisotopic (exact) mass is 377 g/mol. The van der Waals surface area contributed by atoms with Crippen molar-refractivity contribution in [2.75, 3.05) is 6.54 Å². The van der Waals surface area contributed by atoms with Crippen LogP contribution in [0.25, 0.3) is 10.8 Å². The van der Waals surface area contributed by atoms with Crippen LogP contribution in [0.3, 0.4) is 0 Å². The van der Waals surface area contributed by atoms with Crippen LogP contribution in [0.4, 0.5) is 4.39 Å². The Balaban J connectivity index is 1.44. The number of amides is 2. The highest BCUT2D eigenvalue weighted by molar-refractivity contribution is 6.25. The minimum absolute atomic E-state index is 0.000575. The number of imide groups is 1. The van der Waals surface area contributed by atoms with Crippen LogP contribution < -0.4 is 4.74 Å². The van der Waals surface area contributed by atoms with Gasteiger partial charge in [-0.05, 0) is 36.1 Å². The smallest absolute Gasteiger partial charge is 0.311 e. The van der Waals surface area contributed by atoms with Crippen molar-refractivity contribution >= 4 is 28.6 Å². The van der Waals surface area contributed by atoms with E-state index in [9.17, 15) is 18.8 Å². The number of benzene rings is 3. The highest BCUT2D eigenvalue weighted by Gasteiger charge is 2.32. The third-order valence-corrected chi connectivity index (χ3v) is 4.65. The average molecular weight is 377 g/mol. The van der Waals surface area contributed by atoms with E-state index in [0.29, 0.717) is 16.5 Å². The van der Waals surface area contributed by atoms with Crippen LogP contribution in [0.5, 0.6) is 5.75 Å². The van der Waals surface area contributed by atoms with Gasteiger partial charge in [0.15, 0.2) is 0 Å². The molecule has 0 spiro atoms. The zero-order chi connectivity index (χ0) is 19.7. The number of rotatable bonds is 5. The minimum Gasteiger partial charge on any atom is -0.426 e. The molecular weight excluding hydrogens is 361 g/mol. The van der Waals surface area contributed by atoms with E-state index in [2.05, 4.69) is 0 Å². The Bertz CT molecular complexity index is 1060. The molecule has 0 bridgehead atoms. The van der Waals surface area contributed by atoms with Crippen molar-refractivity contribution in [1.82, 2.24) is 4.90 Å². The second kappa shape index (κ2) is 7.23. The van der Waals surface area contributed by atoms with Gasteiger partial charge in [0.1, 0.15) is 11.6 Å². The molecule has 140 valence electrons. The normalized spacial score (nSPS) is 13.1. The Hall–Kier alpha value is -3.54. The van der Waals surface area contributed by atoms with Crippen LogP contribution >= 0.6 is 0 Å². The van der Waals surface area contributed by atoms with E-state index < -0.39 is 11.8 Å². The van der Waals surface area contributed by atoms with Gasteiger partial charge in [-0.3, -0.25) is 19.3 Å². The predicted molar refractivity (Wildman–Crippen MR) is 101 cm³/mol. The summed E-state index contributed by atoms with van der Waals surface area (Å²) in [4.78, 5) is 38.6. The molecule has 4 rings (SSSR count). The van der Waals surface area contributed by atoms with Crippen LogP contribution in [0.1, 0.15) is 33.6 Å². The molecule has 0 saturated carbocycles. The fraction of sp³-hybridized carbons (Fsp3) is 0.136. The van der Waals surface area contributed by atoms with E-state index in [1.807, 2.05) is 12.1 Å². The van der Waals surface area contributed by atoms with Gasteiger partial charge in [-0.1, -0.05) is 30.3 Å². The Labute approximate surface area is 160 Å². The summed E-state index contributed by atoms with van der Waals surface area (Å²) in [6, 6.07) is 16.0. The molecule has 0 unspecified atom stereocenters. The van der Waals surface area contributed by atoms with Crippen molar-refractivity contribution in [2.24, 2.45) is 0 Å². The summed E-state index contributed by atoms with van der Waals surface area (Å²) in [5.41, 5.74) is 0.963. The SMILES string of the molecule is O=C(CCCN1C(=O)c2cccc3cccc(c23)C1=O)Oc1cccc(F)c1. The number of carbonyl (C=O) groups excluding carboxylic acids is 3. The quantitative estimate of drug-likeness (QED) is 0.384. The van der Waals surface area contributed by atoms with Crippen molar-refractivity contribution in [3.05, 3.63) is 77.6 Å². The number of hydrogen-bond acceptors (Lipinski definition) is 4. The topological polar surface area (TPSA) is 63.7 Å². The van der Waals surface area contributed by atoms with Gasteiger partial charge in [0.05, 0.1) is 0 Å². The number of carbonyl (C=O) groups is 3. The first-order chi connectivity index (χ1) is 13.5. The van der Waals surface area contributed by atoms with Gasteiger partial charge < -0.3 is 4.74 Å². The summed E-state index contributed by atoms with van der Waals surface area (Å²) in [7, 11) is 0. The molecule has 28 heavy (non-hydrogen) atoms. The number of nitrogens with zero attached hydrogens (tertiary/aromatic N) is 1. The molecule has 5 nitrogen and oxygen atoms in total.